The summed E-state index contributed by atoms with van der Waals surface area (Å²) in [4.78, 5) is 16.4. The molecule has 11 aromatic rings. The Balaban J connectivity index is 0.955. The molecule has 0 amide bonds. The quantitative estimate of drug-likeness (QED) is 0.177. The van der Waals surface area contributed by atoms with Crippen LogP contribution in [0.1, 0.15) is 72.6 Å². The van der Waals surface area contributed by atoms with Gasteiger partial charge in [-0.05, 0) is 119 Å². The molecule has 320 valence electrons. The van der Waals surface area contributed by atoms with Crippen LogP contribution in [0, 0.1) is 0 Å². The summed E-state index contributed by atoms with van der Waals surface area (Å²) >= 11 is 1.82. The number of hydrogen-bond acceptors (Lipinski definition) is 4. The third-order valence-corrected chi connectivity index (χ3v) is 17.1. The van der Waals surface area contributed by atoms with Gasteiger partial charge in [-0.2, -0.15) is 0 Å². The van der Waals surface area contributed by atoms with Gasteiger partial charge in [-0.3, -0.25) is 0 Å². The average Bonchev–Trinajstić information content (AvgIpc) is 4.04. The average molecular weight is 886 g/mol. The Morgan fingerprint density at radius 3 is 1.84 bits per heavy atom. The van der Waals surface area contributed by atoms with E-state index in [-0.39, 0.29) is 16.7 Å². The highest BCUT2D eigenvalue weighted by Gasteiger charge is 2.45. The molecule has 1 unspecified atom stereocenters. The van der Waals surface area contributed by atoms with Gasteiger partial charge in [0.1, 0.15) is 0 Å². The summed E-state index contributed by atoms with van der Waals surface area (Å²) in [5.41, 5.74) is 25.3. The first-order chi connectivity index (χ1) is 33.2. The molecule has 0 radical (unpaired) electrons. The summed E-state index contributed by atoms with van der Waals surface area (Å²) in [6.07, 6.45) is 0. The van der Waals surface area contributed by atoms with Crippen LogP contribution in [0.3, 0.4) is 0 Å². The third kappa shape index (κ3) is 5.00. The van der Waals surface area contributed by atoms with E-state index in [0.717, 1.165) is 27.8 Å². The maximum Gasteiger partial charge on any atom is 0.164 e. The molecule has 0 spiro atoms. The van der Waals surface area contributed by atoms with Crippen molar-refractivity contribution in [2.75, 3.05) is 0 Å². The van der Waals surface area contributed by atoms with Crippen LogP contribution in [-0.4, -0.2) is 15.0 Å². The van der Waals surface area contributed by atoms with Gasteiger partial charge in [-0.15, -0.1) is 11.3 Å². The lowest BCUT2D eigenvalue weighted by molar-refractivity contribution is 0.660. The SMILES string of the molecule is CC1(C)c2ccccc2-c2ccc(-c3nc(-c4ccccc4-c4ccc5c(c4)-c4cccc6c4-c4c(ccc7c4C5c4ccccc4-7)C6(C)C)nc(-c4cccc5sc6ccccc6c45)n3)cc21. The Bertz CT molecular complexity index is 4050. The molecule has 0 saturated carbocycles. The number of rotatable bonds is 4. The van der Waals surface area contributed by atoms with Crippen molar-refractivity contribution in [1.82, 2.24) is 15.0 Å². The fourth-order valence-corrected chi connectivity index (χ4v) is 14.0. The molecule has 1 atom stereocenters. The number of fused-ring (bicyclic) bond motifs is 12. The molecule has 4 aliphatic carbocycles. The smallest absolute Gasteiger partial charge is 0.164 e. The van der Waals surface area contributed by atoms with Crippen molar-refractivity contribution >= 4 is 31.5 Å². The maximum absolute atomic E-state index is 5.50. The molecule has 9 aromatic carbocycles. The van der Waals surface area contributed by atoms with E-state index >= 15 is 0 Å². The highest BCUT2D eigenvalue weighted by atomic mass is 32.1. The van der Waals surface area contributed by atoms with Crippen LogP contribution in [0.5, 0.6) is 0 Å². The minimum atomic E-state index is -0.167. The van der Waals surface area contributed by atoms with E-state index in [9.17, 15) is 0 Å². The molecule has 2 heterocycles. The lowest BCUT2D eigenvalue weighted by Crippen LogP contribution is -2.15. The number of thiophene rings is 1. The van der Waals surface area contributed by atoms with Crippen LogP contribution in [0.4, 0.5) is 0 Å². The standard InChI is InChI=1S/C64H43N3S/c1-63(2)49-23-11-9-17-39(49)40-29-28-36(34-52(40)63)60-65-61(67-62(66-60)47-22-14-26-54-55(47)46-20-10-12-25-53(46)68-54)45-19-8-5-15-37(45)35-27-30-44-48(33-35)42-21-13-24-50-57(42)59-51(64(50,3)4)32-31-43-38-16-6-7-18-41(38)56(44)58(43)59/h5-34,56H,1-4H3. The molecule has 0 aliphatic heterocycles. The molecule has 4 heteroatoms. The summed E-state index contributed by atoms with van der Waals surface area (Å²) in [6, 6.07) is 67.6. The monoisotopic (exact) mass is 885 g/mol. The van der Waals surface area contributed by atoms with E-state index in [1.165, 1.54) is 104 Å². The summed E-state index contributed by atoms with van der Waals surface area (Å²) < 4.78 is 2.47. The number of aromatic nitrogens is 3. The van der Waals surface area contributed by atoms with E-state index in [1.54, 1.807) is 0 Å². The zero-order chi connectivity index (χ0) is 45.2. The molecular formula is C64H43N3S. The Labute approximate surface area is 399 Å². The van der Waals surface area contributed by atoms with Gasteiger partial charge in [0.15, 0.2) is 17.5 Å². The summed E-state index contributed by atoms with van der Waals surface area (Å²) in [7, 11) is 0. The zero-order valence-corrected chi connectivity index (χ0v) is 39.0. The lowest BCUT2D eigenvalue weighted by Gasteiger charge is -2.24. The van der Waals surface area contributed by atoms with E-state index in [2.05, 4.69) is 210 Å². The van der Waals surface area contributed by atoms with Crippen LogP contribution >= 0.6 is 11.3 Å². The van der Waals surface area contributed by atoms with Crippen LogP contribution in [0.25, 0.3) is 110 Å². The minimum Gasteiger partial charge on any atom is -0.208 e. The Morgan fingerprint density at radius 2 is 0.956 bits per heavy atom. The van der Waals surface area contributed by atoms with Crippen molar-refractivity contribution in [1.29, 1.82) is 0 Å². The number of hydrogen-bond donors (Lipinski definition) is 0. The third-order valence-electron chi connectivity index (χ3n) is 16.0. The molecule has 4 aliphatic rings. The van der Waals surface area contributed by atoms with E-state index in [4.69, 9.17) is 15.0 Å². The summed E-state index contributed by atoms with van der Waals surface area (Å²) in [5.74, 6) is 2.13. The normalized spacial score (nSPS) is 15.7. The van der Waals surface area contributed by atoms with E-state index < -0.39 is 0 Å². The first-order valence-corrected chi connectivity index (χ1v) is 24.6. The Morgan fingerprint density at radius 1 is 0.368 bits per heavy atom. The summed E-state index contributed by atoms with van der Waals surface area (Å²) in [6.45, 7) is 9.47. The summed E-state index contributed by atoms with van der Waals surface area (Å²) in [5, 5.41) is 2.40. The second-order valence-corrected chi connectivity index (χ2v) is 21.3. The maximum atomic E-state index is 5.50. The van der Waals surface area contributed by atoms with Gasteiger partial charge in [-0.1, -0.05) is 185 Å². The molecule has 3 nitrogen and oxygen atoms in total. The second-order valence-electron chi connectivity index (χ2n) is 20.2. The highest BCUT2D eigenvalue weighted by Crippen LogP contribution is 2.63. The first kappa shape index (κ1) is 38.3. The molecule has 0 bridgehead atoms. The largest absolute Gasteiger partial charge is 0.208 e. The molecule has 0 saturated heterocycles. The van der Waals surface area contributed by atoms with Gasteiger partial charge in [0.2, 0.25) is 0 Å². The first-order valence-electron chi connectivity index (χ1n) is 23.8. The lowest BCUT2D eigenvalue weighted by atomic mass is 9.79. The van der Waals surface area contributed by atoms with Gasteiger partial charge in [0.25, 0.3) is 0 Å². The Hall–Kier alpha value is -7.79. The van der Waals surface area contributed by atoms with Gasteiger partial charge in [0, 0.05) is 53.6 Å². The minimum absolute atomic E-state index is 0.108. The number of nitrogens with zero attached hydrogens (tertiary/aromatic N) is 3. The van der Waals surface area contributed by atoms with Gasteiger partial charge in [0.05, 0.1) is 0 Å². The Kier molecular flexibility index (Phi) is 7.57. The van der Waals surface area contributed by atoms with Gasteiger partial charge >= 0.3 is 0 Å². The van der Waals surface area contributed by atoms with E-state index in [1.807, 2.05) is 11.3 Å². The van der Waals surface area contributed by atoms with Gasteiger partial charge < -0.3 is 0 Å². The molecular weight excluding hydrogens is 843 g/mol. The topological polar surface area (TPSA) is 38.7 Å². The van der Waals surface area contributed by atoms with Crippen LogP contribution in [-0.2, 0) is 10.8 Å². The molecule has 2 aromatic heterocycles. The van der Waals surface area contributed by atoms with Crippen LogP contribution in [0.15, 0.2) is 182 Å². The number of benzene rings is 9. The van der Waals surface area contributed by atoms with Crippen LogP contribution in [0.2, 0.25) is 0 Å². The predicted molar refractivity (Wildman–Crippen MR) is 281 cm³/mol. The van der Waals surface area contributed by atoms with Crippen molar-refractivity contribution in [3.63, 3.8) is 0 Å². The molecule has 0 fully saturated rings. The second kappa shape index (κ2) is 13.4. The molecule has 68 heavy (non-hydrogen) atoms. The fraction of sp³-hybridized carbons (Fsp3) is 0.109. The zero-order valence-electron chi connectivity index (χ0n) is 38.1. The van der Waals surface area contributed by atoms with Crippen molar-refractivity contribution < 1.29 is 0 Å². The van der Waals surface area contributed by atoms with E-state index in [0.29, 0.717) is 17.5 Å². The molecule has 15 rings (SSSR count). The fourth-order valence-electron chi connectivity index (χ4n) is 12.8. The van der Waals surface area contributed by atoms with Crippen molar-refractivity contribution in [3.8, 4) is 89.8 Å². The molecule has 0 N–H and O–H groups in total. The predicted octanol–water partition coefficient (Wildman–Crippen LogP) is 16.7. The van der Waals surface area contributed by atoms with Crippen molar-refractivity contribution in [3.05, 3.63) is 221 Å². The highest BCUT2D eigenvalue weighted by molar-refractivity contribution is 7.25. The van der Waals surface area contributed by atoms with Gasteiger partial charge in [-0.25, -0.2) is 15.0 Å². The van der Waals surface area contributed by atoms with Crippen molar-refractivity contribution in [2.24, 2.45) is 0 Å². The van der Waals surface area contributed by atoms with Crippen LogP contribution < -0.4 is 0 Å². The van der Waals surface area contributed by atoms with Crippen molar-refractivity contribution in [2.45, 2.75) is 44.4 Å².